The molecule has 112 valence electrons. The lowest BCUT2D eigenvalue weighted by Crippen LogP contribution is -2.28. The third-order valence-electron chi connectivity index (χ3n) is 3.29. The molecule has 0 bridgehead atoms. The van der Waals surface area contributed by atoms with Gasteiger partial charge in [-0.3, -0.25) is 0 Å². The number of hydrogen-bond donors (Lipinski definition) is 1. The third-order valence-corrected chi connectivity index (χ3v) is 5.66. The van der Waals surface area contributed by atoms with Crippen molar-refractivity contribution < 1.29 is 8.42 Å². The van der Waals surface area contributed by atoms with Crippen LogP contribution in [0, 0.1) is 0 Å². The van der Waals surface area contributed by atoms with E-state index in [0.717, 1.165) is 10.4 Å². The van der Waals surface area contributed by atoms with Crippen LogP contribution < -0.4 is 4.72 Å². The number of thiophene rings is 1. The molecule has 0 radical (unpaired) electrons. The number of nitrogens with one attached hydrogen (secondary N) is 1. The van der Waals surface area contributed by atoms with Gasteiger partial charge in [-0.15, -0.1) is 11.3 Å². The van der Waals surface area contributed by atoms with Crippen LogP contribution in [0.4, 0.5) is 0 Å². The van der Waals surface area contributed by atoms with E-state index in [0.29, 0.717) is 0 Å². The maximum atomic E-state index is 12.6. The molecule has 0 amide bonds. The summed E-state index contributed by atoms with van der Waals surface area (Å²) in [6, 6.07) is 21.5. The van der Waals surface area contributed by atoms with Crippen molar-refractivity contribution >= 4 is 21.4 Å². The number of sulfonamides is 1. The topological polar surface area (TPSA) is 46.2 Å². The molecule has 22 heavy (non-hydrogen) atoms. The smallest absolute Gasteiger partial charge is 0.207 e. The van der Waals surface area contributed by atoms with Crippen molar-refractivity contribution in [1.29, 1.82) is 0 Å². The van der Waals surface area contributed by atoms with Gasteiger partial charge in [0.15, 0.2) is 0 Å². The molecular weight excluding hydrogens is 314 g/mol. The van der Waals surface area contributed by atoms with Crippen LogP contribution in [0.1, 0.15) is 16.5 Å². The van der Waals surface area contributed by atoms with Crippen LogP contribution >= 0.6 is 11.3 Å². The molecular formula is C17H15NO2S2. The van der Waals surface area contributed by atoms with Gasteiger partial charge in [0.2, 0.25) is 10.0 Å². The molecule has 0 aliphatic heterocycles. The van der Waals surface area contributed by atoms with Crippen molar-refractivity contribution in [3.8, 4) is 0 Å². The quantitative estimate of drug-likeness (QED) is 0.773. The van der Waals surface area contributed by atoms with Crippen molar-refractivity contribution in [2.45, 2.75) is 10.9 Å². The molecule has 2 aromatic carbocycles. The second-order valence-corrected chi connectivity index (χ2v) is 7.49. The number of hydrogen-bond acceptors (Lipinski definition) is 3. The molecule has 0 fully saturated rings. The van der Waals surface area contributed by atoms with Crippen LogP contribution in [-0.4, -0.2) is 8.42 Å². The van der Waals surface area contributed by atoms with Crippen molar-refractivity contribution in [1.82, 2.24) is 4.72 Å². The summed E-state index contributed by atoms with van der Waals surface area (Å²) in [4.78, 5) is 1.23. The fourth-order valence-corrected chi connectivity index (χ4v) is 4.32. The Balaban J connectivity index is 1.98. The summed E-state index contributed by atoms with van der Waals surface area (Å²) >= 11 is 1.53. The Hall–Kier alpha value is -1.95. The zero-order chi connectivity index (χ0) is 15.4. The van der Waals surface area contributed by atoms with E-state index in [1.807, 2.05) is 47.8 Å². The number of rotatable bonds is 5. The first-order valence-electron chi connectivity index (χ1n) is 6.82. The molecule has 1 unspecified atom stereocenters. The maximum Gasteiger partial charge on any atom is 0.241 e. The monoisotopic (exact) mass is 329 g/mol. The van der Waals surface area contributed by atoms with Crippen molar-refractivity contribution in [2.24, 2.45) is 0 Å². The fraction of sp³-hybridized carbons (Fsp3) is 0.0588. The minimum Gasteiger partial charge on any atom is -0.207 e. The summed E-state index contributed by atoms with van der Waals surface area (Å²) in [7, 11) is -3.58. The normalized spacial score (nSPS) is 12.9. The minimum atomic E-state index is -3.58. The first-order valence-corrected chi connectivity index (χ1v) is 9.19. The Kier molecular flexibility index (Phi) is 4.38. The van der Waals surface area contributed by atoms with Gasteiger partial charge in [0.1, 0.15) is 0 Å². The van der Waals surface area contributed by atoms with E-state index >= 15 is 0 Å². The maximum absolute atomic E-state index is 12.6. The highest BCUT2D eigenvalue weighted by Gasteiger charge is 2.23. The highest BCUT2D eigenvalue weighted by atomic mass is 32.2. The van der Waals surface area contributed by atoms with Gasteiger partial charge < -0.3 is 0 Å². The minimum absolute atomic E-state index is 0.271. The lowest BCUT2D eigenvalue weighted by Gasteiger charge is -2.18. The van der Waals surface area contributed by atoms with E-state index in [2.05, 4.69) is 4.72 Å². The van der Waals surface area contributed by atoms with Crippen LogP contribution in [0.2, 0.25) is 0 Å². The molecule has 0 saturated heterocycles. The van der Waals surface area contributed by atoms with Gasteiger partial charge in [-0.05, 0) is 29.1 Å². The van der Waals surface area contributed by atoms with E-state index in [9.17, 15) is 8.42 Å². The summed E-state index contributed by atoms with van der Waals surface area (Å²) in [5.74, 6) is 0. The molecule has 3 rings (SSSR count). The SMILES string of the molecule is O=S(=O)(NC(c1ccccc1)c1cccs1)c1ccccc1. The first kappa shape index (κ1) is 15.0. The Labute approximate surface area is 134 Å². The fourth-order valence-electron chi connectivity index (χ4n) is 2.21. The molecule has 3 aromatic rings. The van der Waals surface area contributed by atoms with Gasteiger partial charge in [-0.25, -0.2) is 8.42 Å². The largest absolute Gasteiger partial charge is 0.241 e. The second-order valence-electron chi connectivity index (χ2n) is 4.79. The van der Waals surface area contributed by atoms with Gasteiger partial charge in [0.05, 0.1) is 10.9 Å². The van der Waals surface area contributed by atoms with Crippen molar-refractivity contribution in [2.75, 3.05) is 0 Å². The van der Waals surface area contributed by atoms with Gasteiger partial charge >= 0.3 is 0 Å². The van der Waals surface area contributed by atoms with E-state index in [4.69, 9.17) is 0 Å². The molecule has 3 nitrogen and oxygen atoms in total. The van der Waals surface area contributed by atoms with Crippen LogP contribution in [0.3, 0.4) is 0 Å². The van der Waals surface area contributed by atoms with E-state index in [-0.39, 0.29) is 10.9 Å². The Morgan fingerprint density at radius 1 is 0.818 bits per heavy atom. The molecule has 1 N–H and O–H groups in total. The molecule has 0 aliphatic rings. The Bertz CT molecular complexity index is 814. The lowest BCUT2D eigenvalue weighted by molar-refractivity contribution is 0.573. The van der Waals surface area contributed by atoms with Crippen molar-refractivity contribution in [3.05, 3.63) is 88.6 Å². The van der Waals surface area contributed by atoms with Crippen molar-refractivity contribution in [3.63, 3.8) is 0 Å². The van der Waals surface area contributed by atoms with E-state index in [1.165, 1.54) is 11.3 Å². The summed E-state index contributed by atoms with van der Waals surface area (Å²) in [5, 5.41) is 1.95. The molecule has 1 aromatic heterocycles. The van der Waals surface area contributed by atoms with Crippen LogP contribution in [0.25, 0.3) is 0 Å². The van der Waals surface area contributed by atoms with Gasteiger partial charge in [0.25, 0.3) is 0 Å². The van der Waals surface area contributed by atoms with Gasteiger partial charge in [-0.1, -0.05) is 54.6 Å². The highest BCUT2D eigenvalue weighted by Crippen LogP contribution is 2.27. The average Bonchev–Trinajstić information content (AvgIpc) is 3.09. The molecule has 0 aliphatic carbocycles. The summed E-state index contributed by atoms with van der Waals surface area (Å²) in [5.41, 5.74) is 0.921. The zero-order valence-corrected chi connectivity index (χ0v) is 13.3. The zero-order valence-electron chi connectivity index (χ0n) is 11.7. The molecule has 1 atom stereocenters. The van der Waals surface area contributed by atoms with E-state index < -0.39 is 10.0 Å². The van der Waals surface area contributed by atoms with Crippen LogP contribution in [0.5, 0.6) is 0 Å². The molecule has 5 heteroatoms. The predicted octanol–water partition coefficient (Wildman–Crippen LogP) is 3.82. The van der Waals surface area contributed by atoms with Crippen LogP contribution in [-0.2, 0) is 10.0 Å². The third kappa shape index (κ3) is 3.27. The Morgan fingerprint density at radius 2 is 1.45 bits per heavy atom. The standard InChI is InChI=1S/C17H15NO2S2/c19-22(20,15-10-5-2-6-11-15)18-17(16-12-7-13-21-16)14-8-3-1-4-9-14/h1-13,17-18H. The summed E-state index contributed by atoms with van der Waals surface area (Å²) < 4.78 is 28.0. The summed E-state index contributed by atoms with van der Waals surface area (Å²) in [6.07, 6.45) is 0. The molecule has 0 saturated carbocycles. The second kappa shape index (κ2) is 6.44. The highest BCUT2D eigenvalue weighted by molar-refractivity contribution is 7.89. The predicted molar refractivity (Wildman–Crippen MR) is 89.4 cm³/mol. The lowest BCUT2D eigenvalue weighted by atomic mass is 10.1. The summed E-state index contributed by atoms with van der Waals surface area (Å²) in [6.45, 7) is 0. The number of benzene rings is 2. The van der Waals surface area contributed by atoms with Crippen LogP contribution in [0.15, 0.2) is 83.1 Å². The average molecular weight is 329 g/mol. The molecule has 0 spiro atoms. The van der Waals surface area contributed by atoms with Gasteiger partial charge in [0, 0.05) is 4.88 Å². The van der Waals surface area contributed by atoms with Gasteiger partial charge in [-0.2, -0.15) is 4.72 Å². The first-order chi connectivity index (χ1) is 10.7. The van der Waals surface area contributed by atoms with E-state index in [1.54, 1.807) is 30.3 Å². The Morgan fingerprint density at radius 3 is 2.05 bits per heavy atom. The molecule has 1 heterocycles.